The second-order valence-corrected chi connectivity index (χ2v) is 9.11. The van der Waals surface area contributed by atoms with Gasteiger partial charge >= 0.3 is 0 Å². The molecule has 1 aliphatic rings. The average Bonchev–Trinajstić information content (AvgIpc) is 2.87. The van der Waals surface area contributed by atoms with Crippen LogP contribution in [0.3, 0.4) is 0 Å². The number of nitrogens with one attached hydrogen (secondary N) is 3. The molecule has 1 fully saturated rings. The molecule has 4 rings (SSSR count). The highest BCUT2D eigenvalue weighted by atomic mass is 19.1. The number of anilines is 4. The second kappa shape index (κ2) is 12.5. The molecule has 196 valence electrons. The standard InChI is InChI=1S/C27H33F2N7O/c1-31-6-7-35-8-10-36(11-9-35)24-4-2-23(3-5-24)34-27-16-25(20(18-33-27)14-26(30)37)32-17-19-12-21(28)15-22(29)13-19/h2-5,12-13,15-16,18,31H,6-11,14,17H2,1H3,(H2,30,37)(H2,32,33,34). The van der Waals surface area contributed by atoms with Crippen LogP contribution in [-0.2, 0) is 17.8 Å². The molecule has 1 amide bonds. The Morgan fingerprint density at radius 3 is 2.38 bits per heavy atom. The highest BCUT2D eigenvalue weighted by Crippen LogP contribution is 2.25. The number of nitrogens with zero attached hydrogens (tertiary/aromatic N) is 3. The lowest BCUT2D eigenvalue weighted by atomic mass is 10.1. The first-order valence-corrected chi connectivity index (χ1v) is 12.3. The largest absolute Gasteiger partial charge is 0.381 e. The van der Waals surface area contributed by atoms with Crippen molar-refractivity contribution in [3.8, 4) is 0 Å². The third-order valence-corrected chi connectivity index (χ3v) is 6.31. The molecule has 1 saturated heterocycles. The van der Waals surface area contributed by atoms with Crippen molar-refractivity contribution in [2.75, 3.05) is 61.8 Å². The van der Waals surface area contributed by atoms with Crippen molar-refractivity contribution in [1.82, 2.24) is 15.2 Å². The Bertz CT molecular complexity index is 1180. The number of rotatable bonds is 11. The fraction of sp³-hybridized carbons (Fsp3) is 0.333. The number of aromatic nitrogens is 1. The van der Waals surface area contributed by atoms with Gasteiger partial charge in [-0.05, 0) is 49.0 Å². The number of hydrogen-bond acceptors (Lipinski definition) is 7. The van der Waals surface area contributed by atoms with E-state index < -0.39 is 17.5 Å². The topological polar surface area (TPSA) is 98.5 Å². The summed E-state index contributed by atoms with van der Waals surface area (Å²) in [6.45, 7) is 6.30. The van der Waals surface area contributed by atoms with E-state index in [4.69, 9.17) is 5.73 Å². The molecular weight excluding hydrogens is 476 g/mol. The molecule has 37 heavy (non-hydrogen) atoms. The number of likely N-dealkylation sites (N-methyl/N-ethyl adjacent to an activating group) is 1. The third kappa shape index (κ3) is 7.61. The van der Waals surface area contributed by atoms with Crippen LogP contribution in [0.1, 0.15) is 11.1 Å². The number of carbonyl (C=O) groups excluding carboxylic acids is 1. The molecule has 3 aromatic rings. The zero-order valence-electron chi connectivity index (χ0n) is 20.9. The fourth-order valence-electron chi connectivity index (χ4n) is 4.36. The predicted octanol–water partition coefficient (Wildman–Crippen LogP) is 3.08. The van der Waals surface area contributed by atoms with Gasteiger partial charge in [-0.2, -0.15) is 0 Å². The molecule has 0 bridgehead atoms. The van der Waals surface area contributed by atoms with Gasteiger partial charge in [-0.15, -0.1) is 0 Å². The number of halogens is 2. The SMILES string of the molecule is CNCCN1CCN(c2ccc(Nc3cc(NCc4cc(F)cc(F)c4)c(CC(N)=O)cn3)cc2)CC1. The van der Waals surface area contributed by atoms with Gasteiger partial charge in [-0.25, -0.2) is 13.8 Å². The molecule has 0 atom stereocenters. The lowest BCUT2D eigenvalue weighted by molar-refractivity contribution is -0.117. The Labute approximate surface area is 215 Å². The number of benzene rings is 2. The molecule has 5 N–H and O–H groups in total. The summed E-state index contributed by atoms with van der Waals surface area (Å²) in [5.74, 6) is -1.23. The molecule has 0 unspecified atom stereocenters. The summed E-state index contributed by atoms with van der Waals surface area (Å²) in [6.07, 6.45) is 1.56. The minimum atomic E-state index is -0.648. The highest BCUT2D eigenvalue weighted by Gasteiger charge is 2.17. The van der Waals surface area contributed by atoms with Crippen LogP contribution in [-0.4, -0.2) is 62.1 Å². The van der Waals surface area contributed by atoms with Crippen LogP contribution in [0.4, 0.5) is 31.7 Å². The van der Waals surface area contributed by atoms with E-state index in [2.05, 4.69) is 42.9 Å². The van der Waals surface area contributed by atoms with Gasteiger partial charge in [-0.1, -0.05) is 0 Å². The minimum absolute atomic E-state index is 0.00988. The first kappa shape index (κ1) is 26.3. The lowest BCUT2D eigenvalue weighted by Gasteiger charge is -2.36. The van der Waals surface area contributed by atoms with Gasteiger partial charge in [-0.3, -0.25) is 9.69 Å². The summed E-state index contributed by atoms with van der Waals surface area (Å²) in [5.41, 5.74) is 9.07. The Morgan fingerprint density at radius 2 is 1.73 bits per heavy atom. The molecule has 0 aliphatic carbocycles. The highest BCUT2D eigenvalue weighted by molar-refractivity contribution is 5.79. The number of carbonyl (C=O) groups is 1. The van der Waals surface area contributed by atoms with E-state index in [9.17, 15) is 13.6 Å². The van der Waals surface area contributed by atoms with Crippen molar-refractivity contribution < 1.29 is 13.6 Å². The zero-order chi connectivity index (χ0) is 26.2. The maximum atomic E-state index is 13.6. The fourth-order valence-corrected chi connectivity index (χ4v) is 4.36. The van der Waals surface area contributed by atoms with Crippen LogP contribution in [0.15, 0.2) is 54.7 Å². The monoisotopic (exact) mass is 509 g/mol. The number of amides is 1. The average molecular weight is 510 g/mol. The van der Waals surface area contributed by atoms with Crippen LogP contribution in [0.25, 0.3) is 0 Å². The van der Waals surface area contributed by atoms with Crippen LogP contribution in [0.5, 0.6) is 0 Å². The smallest absolute Gasteiger partial charge is 0.221 e. The molecular formula is C27H33F2N7O. The van der Waals surface area contributed by atoms with Crippen LogP contribution >= 0.6 is 0 Å². The van der Waals surface area contributed by atoms with Gasteiger partial charge in [0.25, 0.3) is 0 Å². The molecule has 2 aromatic carbocycles. The van der Waals surface area contributed by atoms with E-state index >= 15 is 0 Å². The van der Waals surface area contributed by atoms with E-state index in [1.54, 1.807) is 12.3 Å². The molecule has 2 heterocycles. The number of primary amides is 1. The molecule has 10 heteroatoms. The maximum absolute atomic E-state index is 13.6. The number of nitrogens with two attached hydrogens (primary N) is 1. The Kier molecular flexibility index (Phi) is 8.86. The Morgan fingerprint density at radius 1 is 1.03 bits per heavy atom. The lowest BCUT2D eigenvalue weighted by Crippen LogP contribution is -2.48. The summed E-state index contributed by atoms with van der Waals surface area (Å²) in [5, 5.41) is 9.63. The van der Waals surface area contributed by atoms with Crippen molar-refractivity contribution >= 4 is 28.8 Å². The molecule has 0 spiro atoms. The van der Waals surface area contributed by atoms with Gasteiger partial charge in [0.2, 0.25) is 5.91 Å². The van der Waals surface area contributed by atoms with E-state index in [1.165, 1.54) is 17.8 Å². The number of piperazine rings is 1. The third-order valence-electron chi connectivity index (χ3n) is 6.31. The van der Waals surface area contributed by atoms with E-state index in [1.807, 2.05) is 19.2 Å². The Balaban J connectivity index is 1.41. The summed E-state index contributed by atoms with van der Waals surface area (Å²) < 4.78 is 27.1. The number of pyridine rings is 1. The van der Waals surface area contributed by atoms with Crippen molar-refractivity contribution in [1.29, 1.82) is 0 Å². The molecule has 8 nitrogen and oxygen atoms in total. The maximum Gasteiger partial charge on any atom is 0.221 e. The van der Waals surface area contributed by atoms with Gasteiger partial charge in [0.1, 0.15) is 17.5 Å². The van der Waals surface area contributed by atoms with Crippen LogP contribution in [0.2, 0.25) is 0 Å². The molecule has 1 aromatic heterocycles. The normalized spacial score (nSPS) is 14.0. The van der Waals surface area contributed by atoms with Crippen molar-refractivity contribution in [3.05, 3.63) is 77.5 Å². The van der Waals surface area contributed by atoms with Crippen molar-refractivity contribution in [3.63, 3.8) is 0 Å². The molecule has 0 radical (unpaired) electrons. The summed E-state index contributed by atoms with van der Waals surface area (Å²) in [7, 11) is 1.98. The van der Waals surface area contributed by atoms with E-state index in [0.717, 1.165) is 51.0 Å². The first-order valence-electron chi connectivity index (χ1n) is 12.3. The Hall–Kier alpha value is -3.76. The van der Waals surface area contributed by atoms with Crippen molar-refractivity contribution in [2.24, 2.45) is 5.73 Å². The molecule has 0 saturated carbocycles. The first-order chi connectivity index (χ1) is 17.9. The van der Waals surface area contributed by atoms with Gasteiger partial charge < -0.3 is 26.6 Å². The quantitative estimate of drug-likeness (QED) is 0.315. The van der Waals surface area contributed by atoms with E-state index in [0.29, 0.717) is 22.6 Å². The van der Waals surface area contributed by atoms with Crippen LogP contribution in [0, 0.1) is 11.6 Å². The summed E-state index contributed by atoms with van der Waals surface area (Å²) in [4.78, 5) is 20.8. The van der Waals surface area contributed by atoms with E-state index in [-0.39, 0.29) is 13.0 Å². The zero-order valence-corrected chi connectivity index (χ0v) is 20.9. The summed E-state index contributed by atoms with van der Waals surface area (Å²) in [6, 6.07) is 13.3. The van der Waals surface area contributed by atoms with Gasteiger partial charge in [0.15, 0.2) is 0 Å². The minimum Gasteiger partial charge on any atom is -0.381 e. The molecule has 1 aliphatic heterocycles. The summed E-state index contributed by atoms with van der Waals surface area (Å²) >= 11 is 0. The number of hydrogen-bond donors (Lipinski definition) is 4. The second-order valence-electron chi connectivity index (χ2n) is 9.11. The van der Waals surface area contributed by atoms with Crippen LogP contribution < -0.4 is 26.6 Å². The van der Waals surface area contributed by atoms with Gasteiger partial charge in [0.05, 0.1) is 6.42 Å². The van der Waals surface area contributed by atoms with Crippen molar-refractivity contribution in [2.45, 2.75) is 13.0 Å². The predicted molar refractivity (Wildman–Crippen MR) is 143 cm³/mol. The van der Waals surface area contributed by atoms with Gasteiger partial charge in [0, 0.05) is 86.8 Å².